The van der Waals surface area contributed by atoms with Crippen molar-refractivity contribution in [1.82, 2.24) is 4.90 Å². The maximum atomic E-state index is 12.7. The van der Waals surface area contributed by atoms with Crippen LogP contribution in [0.15, 0.2) is 46.9 Å². The standard InChI is InChI=1S/C19H20BrN3O3/c1-13(14-5-4-6-15(20)11-14)21-16-7-8-18(23(25)26)17(12-16)19(24)22-9-2-3-10-22/h4-8,11-13,21H,2-3,9-10H2,1H3. The molecular formula is C19H20BrN3O3. The fourth-order valence-electron chi connectivity index (χ4n) is 3.16. The number of benzene rings is 2. The highest BCUT2D eigenvalue weighted by Gasteiger charge is 2.27. The molecule has 0 saturated carbocycles. The zero-order valence-electron chi connectivity index (χ0n) is 14.4. The van der Waals surface area contributed by atoms with Gasteiger partial charge in [0.2, 0.25) is 0 Å². The lowest BCUT2D eigenvalue weighted by atomic mass is 10.1. The number of nitrogens with zero attached hydrogens (tertiary/aromatic N) is 2. The van der Waals surface area contributed by atoms with Gasteiger partial charge in [-0.3, -0.25) is 14.9 Å². The molecule has 0 bridgehead atoms. The number of anilines is 1. The minimum Gasteiger partial charge on any atom is -0.378 e. The molecule has 1 atom stereocenters. The second-order valence-electron chi connectivity index (χ2n) is 6.41. The van der Waals surface area contributed by atoms with Gasteiger partial charge in [-0.05, 0) is 49.6 Å². The molecule has 1 saturated heterocycles. The molecule has 1 fully saturated rings. The van der Waals surface area contributed by atoms with Crippen LogP contribution >= 0.6 is 15.9 Å². The quantitative estimate of drug-likeness (QED) is 0.561. The Morgan fingerprint density at radius 2 is 1.96 bits per heavy atom. The van der Waals surface area contributed by atoms with E-state index in [9.17, 15) is 14.9 Å². The van der Waals surface area contributed by atoms with Crippen molar-refractivity contribution >= 4 is 33.2 Å². The number of likely N-dealkylation sites (tertiary alicyclic amines) is 1. The van der Waals surface area contributed by atoms with Gasteiger partial charge in [0.25, 0.3) is 11.6 Å². The van der Waals surface area contributed by atoms with Crippen LogP contribution in [0.3, 0.4) is 0 Å². The van der Waals surface area contributed by atoms with Gasteiger partial charge >= 0.3 is 0 Å². The van der Waals surface area contributed by atoms with Gasteiger partial charge in [0, 0.05) is 35.4 Å². The Morgan fingerprint density at radius 3 is 2.62 bits per heavy atom. The molecule has 0 aromatic heterocycles. The van der Waals surface area contributed by atoms with E-state index in [0.29, 0.717) is 18.8 Å². The molecule has 1 N–H and O–H groups in total. The van der Waals surface area contributed by atoms with E-state index in [2.05, 4.69) is 21.2 Å². The molecule has 1 amide bonds. The highest BCUT2D eigenvalue weighted by Crippen LogP contribution is 2.28. The first-order valence-corrected chi connectivity index (χ1v) is 9.35. The van der Waals surface area contributed by atoms with Gasteiger partial charge in [0.15, 0.2) is 0 Å². The number of carbonyl (C=O) groups is 1. The van der Waals surface area contributed by atoms with Gasteiger partial charge in [-0.25, -0.2) is 0 Å². The van der Waals surface area contributed by atoms with Gasteiger partial charge < -0.3 is 10.2 Å². The summed E-state index contributed by atoms with van der Waals surface area (Å²) < 4.78 is 0.984. The lowest BCUT2D eigenvalue weighted by molar-refractivity contribution is -0.385. The first-order valence-electron chi connectivity index (χ1n) is 8.55. The van der Waals surface area contributed by atoms with E-state index in [1.165, 1.54) is 6.07 Å². The number of rotatable bonds is 5. The molecule has 3 rings (SSSR count). The van der Waals surface area contributed by atoms with Crippen LogP contribution in [0.25, 0.3) is 0 Å². The van der Waals surface area contributed by atoms with Gasteiger partial charge in [-0.1, -0.05) is 28.1 Å². The SMILES string of the molecule is CC(Nc1ccc([N+](=O)[O-])c(C(=O)N2CCCC2)c1)c1cccc(Br)c1. The third kappa shape index (κ3) is 4.04. The molecule has 0 aliphatic carbocycles. The van der Waals surface area contributed by atoms with Gasteiger partial charge in [0.1, 0.15) is 5.56 Å². The largest absolute Gasteiger partial charge is 0.378 e. The zero-order valence-corrected chi connectivity index (χ0v) is 16.0. The fourth-order valence-corrected chi connectivity index (χ4v) is 3.57. The number of halogens is 1. The summed E-state index contributed by atoms with van der Waals surface area (Å²) in [6.07, 6.45) is 1.88. The summed E-state index contributed by atoms with van der Waals surface area (Å²) in [7, 11) is 0. The Hall–Kier alpha value is -2.41. The third-order valence-corrected chi connectivity index (χ3v) is 5.04. The van der Waals surface area contributed by atoms with Gasteiger partial charge in [0.05, 0.1) is 4.92 Å². The van der Waals surface area contributed by atoms with Crippen LogP contribution in [0.4, 0.5) is 11.4 Å². The van der Waals surface area contributed by atoms with Crippen LogP contribution in [-0.4, -0.2) is 28.8 Å². The van der Waals surface area contributed by atoms with E-state index in [4.69, 9.17) is 0 Å². The summed E-state index contributed by atoms with van der Waals surface area (Å²) in [4.78, 5) is 25.2. The zero-order chi connectivity index (χ0) is 18.7. The average molecular weight is 418 g/mol. The van der Waals surface area contributed by atoms with Crippen LogP contribution in [0, 0.1) is 10.1 Å². The lowest BCUT2D eigenvalue weighted by Crippen LogP contribution is -2.28. The molecule has 0 spiro atoms. The minimum absolute atomic E-state index is 0.0105. The smallest absolute Gasteiger partial charge is 0.282 e. The molecule has 2 aromatic rings. The number of hydrogen-bond acceptors (Lipinski definition) is 4. The van der Waals surface area contributed by atoms with E-state index in [0.717, 1.165) is 22.9 Å². The van der Waals surface area contributed by atoms with Crippen molar-refractivity contribution in [2.75, 3.05) is 18.4 Å². The van der Waals surface area contributed by atoms with Crippen LogP contribution in [0.5, 0.6) is 0 Å². The Morgan fingerprint density at radius 1 is 1.23 bits per heavy atom. The van der Waals surface area contributed by atoms with E-state index in [1.54, 1.807) is 17.0 Å². The first-order chi connectivity index (χ1) is 12.5. The summed E-state index contributed by atoms with van der Waals surface area (Å²) in [5.74, 6) is -0.270. The van der Waals surface area contributed by atoms with Gasteiger partial charge in [-0.2, -0.15) is 0 Å². The maximum absolute atomic E-state index is 12.7. The van der Waals surface area contributed by atoms with Crippen LogP contribution in [0.1, 0.15) is 41.7 Å². The van der Waals surface area contributed by atoms with Crippen molar-refractivity contribution in [2.24, 2.45) is 0 Å². The number of amides is 1. The Labute approximate surface area is 160 Å². The monoisotopic (exact) mass is 417 g/mol. The number of hydrogen-bond donors (Lipinski definition) is 1. The second kappa shape index (κ2) is 7.86. The predicted molar refractivity (Wildman–Crippen MR) is 104 cm³/mol. The van der Waals surface area contributed by atoms with Crippen molar-refractivity contribution < 1.29 is 9.72 Å². The normalized spacial score (nSPS) is 14.9. The van der Waals surface area contributed by atoms with Crippen molar-refractivity contribution in [2.45, 2.75) is 25.8 Å². The van der Waals surface area contributed by atoms with Crippen molar-refractivity contribution in [3.05, 3.63) is 68.2 Å². The second-order valence-corrected chi connectivity index (χ2v) is 7.33. The molecule has 1 aliphatic rings. The maximum Gasteiger partial charge on any atom is 0.282 e. The first kappa shape index (κ1) is 18.4. The minimum atomic E-state index is -0.495. The van der Waals surface area contributed by atoms with Crippen molar-refractivity contribution in [1.29, 1.82) is 0 Å². The fraction of sp³-hybridized carbons (Fsp3) is 0.316. The Kier molecular flexibility index (Phi) is 5.56. The molecule has 1 aliphatic heterocycles. The molecule has 1 heterocycles. The van der Waals surface area contributed by atoms with Crippen molar-refractivity contribution in [3.8, 4) is 0 Å². The summed E-state index contributed by atoms with van der Waals surface area (Å²) >= 11 is 3.46. The number of nitro groups is 1. The number of nitrogens with one attached hydrogen (secondary N) is 1. The number of nitro benzene ring substituents is 1. The van der Waals surface area contributed by atoms with Crippen LogP contribution in [0.2, 0.25) is 0 Å². The lowest BCUT2D eigenvalue weighted by Gasteiger charge is -2.18. The summed E-state index contributed by atoms with van der Waals surface area (Å²) in [5, 5.41) is 14.7. The van der Waals surface area contributed by atoms with E-state index >= 15 is 0 Å². The molecule has 26 heavy (non-hydrogen) atoms. The van der Waals surface area contributed by atoms with Crippen molar-refractivity contribution in [3.63, 3.8) is 0 Å². The Bertz CT molecular complexity index is 835. The predicted octanol–water partition coefficient (Wildman–Crippen LogP) is 4.77. The molecule has 0 radical (unpaired) electrons. The molecular weight excluding hydrogens is 398 g/mol. The summed E-state index contributed by atoms with van der Waals surface area (Å²) in [5.41, 5.74) is 1.75. The Balaban J connectivity index is 1.87. The number of carbonyl (C=O) groups excluding carboxylic acids is 1. The summed E-state index contributed by atoms with van der Waals surface area (Å²) in [6, 6.07) is 12.6. The molecule has 136 valence electrons. The van der Waals surface area contributed by atoms with E-state index < -0.39 is 4.92 Å². The van der Waals surface area contributed by atoms with Gasteiger partial charge in [-0.15, -0.1) is 0 Å². The topological polar surface area (TPSA) is 75.5 Å². The third-order valence-electron chi connectivity index (χ3n) is 4.55. The average Bonchev–Trinajstić information content (AvgIpc) is 3.15. The van der Waals surface area contributed by atoms with E-state index in [-0.39, 0.29) is 23.2 Å². The van der Waals surface area contributed by atoms with Crippen LogP contribution < -0.4 is 5.32 Å². The van der Waals surface area contributed by atoms with Crippen LogP contribution in [-0.2, 0) is 0 Å². The summed E-state index contributed by atoms with van der Waals surface area (Å²) in [6.45, 7) is 3.31. The van der Waals surface area contributed by atoms with E-state index in [1.807, 2.05) is 31.2 Å². The molecule has 2 aromatic carbocycles. The molecule has 7 heteroatoms. The highest BCUT2D eigenvalue weighted by molar-refractivity contribution is 9.10. The molecule has 6 nitrogen and oxygen atoms in total. The molecule has 1 unspecified atom stereocenters. The highest BCUT2D eigenvalue weighted by atomic mass is 79.9.